The van der Waals surface area contributed by atoms with Crippen molar-refractivity contribution in [3.63, 3.8) is 0 Å². The monoisotopic (exact) mass is 580 g/mol. The van der Waals surface area contributed by atoms with E-state index in [1.165, 1.54) is 23.1 Å². The number of aromatic nitrogens is 3. The Kier molecular flexibility index (Phi) is 8.73. The van der Waals surface area contributed by atoms with E-state index >= 15 is 0 Å². The lowest BCUT2D eigenvalue weighted by Gasteiger charge is -2.38. The predicted octanol–water partition coefficient (Wildman–Crippen LogP) is 4.58. The Morgan fingerprint density at radius 3 is 2.66 bits per heavy atom. The number of hydrogen-bond acceptors (Lipinski definition) is 7. The summed E-state index contributed by atoms with van der Waals surface area (Å²) < 4.78 is 20.0. The molecule has 3 aromatic rings. The van der Waals surface area contributed by atoms with Gasteiger partial charge in [-0.2, -0.15) is 10.4 Å². The molecule has 12 heteroatoms. The number of nitrogens with one attached hydrogen (secondary N) is 2. The fraction of sp³-hybridized carbons (Fsp3) is 0.379. The van der Waals surface area contributed by atoms with Crippen LogP contribution < -0.4 is 15.6 Å². The number of halogens is 2. The molecule has 2 N–H and O–H groups in total. The van der Waals surface area contributed by atoms with E-state index in [0.717, 1.165) is 5.56 Å². The van der Waals surface area contributed by atoms with Crippen LogP contribution in [0, 0.1) is 30.6 Å². The van der Waals surface area contributed by atoms with E-state index in [1.54, 1.807) is 45.9 Å². The van der Waals surface area contributed by atoms with E-state index in [-0.39, 0.29) is 17.2 Å². The summed E-state index contributed by atoms with van der Waals surface area (Å²) in [6.07, 6.45) is 1.08. The smallest absolute Gasteiger partial charge is 0.307 e. The summed E-state index contributed by atoms with van der Waals surface area (Å²) >= 11 is 6.21. The van der Waals surface area contributed by atoms with Gasteiger partial charge in [-0.05, 0) is 70.4 Å². The van der Waals surface area contributed by atoms with Crippen molar-refractivity contribution >= 4 is 23.4 Å². The van der Waals surface area contributed by atoms with E-state index in [2.05, 4.69) is 26.6 Å². The number of ether oxygens (including phenoxy) is 1. The van der Waals surface area contributed by atoms with Gasteiger partial charge in [-0.3, -0.25) is 14.4 Å². The van der Waals surface area contributed by atoms with E-state index in [9.17, 15) is 24.0 Å². The second-order valence-electron chi connectivity index (χ2n) is 10.5. The lowest BCUT2D eigenvalue weighted by molar-refractivity contribution is -0.138. The maximum Gasteiger partial charge on any atom is 0.307 e. The third kappa shape index (κ3) is 6.38. The molecule has 10 nitrogen and oxygen atoms in total. The number of aryl methyl sites for hydroxylation is 2. The molecule has 0 spiro atoms. The Balaban J connectivity index is 1.57. The Labute approximate surface area is 241 Å². The first-order valence-corrected chi connectivity index (χ1v) is 13.4. The van der Waals surface area contributed by atoms with Gasteiger partial charge in [0.05, 0.1) is 35.0 Å². The molecule has 0 aliphatic carbocycles. The Morgan fingerprint density at radius 1 is 1.24 bits per heavy atom. The lowest BCUT2D eigenvalue weighted by Crippen LogP contribution is -2.54. The quantitative estimate of drug-likeness (QED) is 0.397. The van der Waals surface area contributed by atoms with E-state index in [4.69, 9.17) is 16.3 Å². The number of carbonyl (C=O) groups excluding carboxylic acids is 2. The van der Waals surface area contributed by atoms with Crippen LogP contribution in [0.1, 0.15) is 60.2 Å². The van der Waals surface area contributed by atoms with Gasteiger partial charge >= 0.3 is 5.56 Å². The second kappa shape index (κ2) is 12.1. The zero-order chi connectivity index (χ0) is 29.9. The van der Waals surface area contributed by atoms with Crippen molar-refractivity contribution in [2.24, 2.45) is 5.41 Å². The Hall–Kier alpha value is -4.30. The number of rotatable bonds is 8. The molecule has 2 amide bonds. The minimum absolute atomic E-state index is 0.0115. The molecule has 0 saturated carbocycles. The number of H-pyrrole nitrogens is 1. The van der Waals surface area contributed by atoms with E-state index < -0.39 is 47.6 Å². The normalized spacial score (nSPS) is 17.5. The third-order valence-corrected chi connectivity index (χ3v) is 7.37. The van der Waals surface area contributed by atoms with Crippen LogP contribution in [0.3, 0.4) is 0 Å². The molecule has 0 radical (unpaired) electrons. The summed E-state index contributed by atoms with van der Waals surface area (Å²) in [6, 6.07) is 11.1. The molecule has 1 saturated heterocycles. The molecule has 3 atom stereocenters. The highest BCUT2D eigenvalue weighted by molar-refractivity contribution is 6.30. The number of benzene rings is 1. The van der Waals surface area contributed by atoms with Crippen LogP contribution in [-0.4, -0.2) is 50.7 Å². The van der Waals surface area contributed by atoms with Gasteiger partial charge in [0.25, 0.3) is 5.91 Å². The van der Waals surface area contributed by atoms with Crippen molar-refractivity contribution in [3.8, 4) is 17.6 Å². The molecule has 2 aromatic heterocycles. The maximum atomic E-state index is 14.4. The number of nitrogens with zero attached hydrogens (tertiary/aromatic N) is 4. The van der Waals surface area contributed by atoms with Gasteiger partial charge < -0.3 is 15.0 Å². The molecule has 1 fully saturated rings. The first-order chi connectivity index (χ1) is 19.4. The molecule has 41 heavy (non-hydrogen) atoms. The van der Waals surface area contributed by atoms with Gasteiger partial charge in [0.15, 0.2) is 5.75 Å². The number of amides is 2. The minimum Gasteiger partial charge on any atom is -0.450 e. The van der Waals surface area contributed by atoms with E-state index in [0.29, 0.717) is 29.3 Å². The molecule has 214 valence electrons. The summed E-state index contributed by atoms with van der Waals surface area (Å²) in [7, 11) is 0. The second-order valence-corrected chi connectivity index (χ2v) is 10.9. The molecule has 4 rings (SSSR count). The number of pyridine rings is 1. The highest BCUT2D eigenvalue weighted by Gasteiger charge is 2.47. The number of likely N-dealkylation sites (tertiary alicyclic amines) is 1. The van der Waals surface area contributed by atoms with Gasteiger partial charge in [0.2, 0.25) is 5.91 Å². The van der Waals surface area contributed by atoms with Crippen LogP contribution in [0.4, 0.5) is 4.39 Å². The van der Waals surface area contributed by atoms with Crippen LogP contribution in [0.2, 0.25) is 5.02 Å². The highest BCUT2D eigenvalue weighted by Crippen LogP contribution is 2.43. The molecule has 1 aliphatic heterocycles. The van der Waals surface area contributed by atoms with Crippen molar-refractivity contribution in [1.82, 2.24) is 25.4 Å². The average molecular weight is 581 g/mol. The zero-order valence-electron chi connectivity index (χ0n) is 23.1. The number of hydrogen-bond donors (Lipinski definition) is 2. The fourth-order valence-electron chi connectivity index (χ4n) is 4.98. The molecular weight excluding hydrogens is 551 g/mol. The molecule has 1 unspecified atom stereocenters. The molecule has 1 aliphatic rings. The van der Waals surface area contributed by atoms with E-state index in [1.807, 2.05) is 6.07 Å². The van der Waals surface area contributed by atoms with Crippen LogP contribution in [0.5, 0.6) is 11.5 Å². The van der Waals surface area contributed by atoms with Gasteiger partial charge in [-0.1, -0.05) is 23.7 Å². The molecule has 0 bridgehead atoms. The summed E-state index contributed by atoms with van der Waals surface area (Å²) in [5, 5.41) is 18.9. The summed E-state index contributed by atoms with van der Waals surface area (Å²) in [5.41, 5.74) is 0.0872. The number of carbonyl (C=O) groups is 2. The standard InChI is InChI=1S/C29H30ClFN6O4/c1-16-12-24(27(39)36-35-16)41-23-10-8-20(33-17(23)2)26(38)34-21(14-31)28(40)37-22(18-6-5-7-19(30)13-18)9-11-25(37)29(3,4)15-32/h5-8,10,12-13,21-22,25H,9,11,14H2,1-4H3,(H,34,38)(H,36,39)/t21-,22?,25-/m1/s1. The third-order valence-electron chi connectivity index (χ3n) is 7.14. The Morgan fingerprint density at radius 2 is 2.00 bits per heavy atom. The number of nitriles is 1. The maximum absolute atomic E-state index is 14.4. The van der Waals surface area contributed by atoms with Crippen molar-refractivity contribution in [3.05, 3.63) is 80.5 Å². The van der Waals surface area contributed by atoms with Gasteiger partial charge in [-0.25, -0.2) is 14.5 Å². The summed E-state index contributed by atoms with van der Waals surface area (Å²) in [4.78, 5) is 44.7. The highest BCUT2D eigenvalue weighted by atomic mass is 35.5. The Bertz CT molecular complexity index is 1570. The van der Waals surface area contributed by atoms with Crippen LogP contribution >= 0.6 is 11.6 Å². The molecular formula is C29H30ClFN6O4. The SMILES string of the molecule is Cc1cc(Oc2ccc(C(=O)N[C@H](CF)C(=O)N3C(c4cccc(Cl)c4)CC[C@@H]3C(C)(C)C#N)nc2C)c(=O)[nH]n1. The average Bonchev–Trinajstić information content (AvgIpc) is 3.40. The number of alkyl halides is 1. The minimum atomic E-state index is -1.50. The van der Waals surface area contributed by atoms with Crippen LogP contribution in [0.15, 0.2) is 47.3 Å². The van der Waals surface area contributed by atoms with Crippen molar-refractivity contribution in [2.75, 3.05) is 6.67 Å². The largest absolute Gasteiger partial charge is 0.450 e. The van der Waals surface area contributed by atoms with Crippen molar-refractivity contribution in [1.29, 1.82) is 5.26 Å². The van der Waals surface area contributed by atoms with Gasteiger partial charge in [0, 0.05) is 11.1 Å². The zero-order valence-corrected chi connectivity index (χ0v) is 23.8. The lowest BCUT2D eigenvalue weighted by atomic mass is 9.84. The van der Waals surface area contributed by atoms with Crippen molar-refractivity contribution < 1.29 is 18.7 Å². The summed E-state index contributed by atoms with van der Waals surface area (Å²) in [6.45, 7) is 5.58. The van der Waals surface area contributed by atoms with Crippen LogP contribution in [-0.2, 0) is 4.79 Å². The first-order valence-electron chi connectivity index (χ1n) is 13.0. The summed E-state index contributed by atoms with van der Waals surface area (Å²) in [5.74, 6) is -1.15. The number of aromatic amines is 1. The first kappa shape index (κ1) is 29.7. The predicted molar refractivity (Wildman–Crippen MR) is 149 cm³/mol. The van der Waals surface area contributed by atoms with Gasteiger partial charge in [0.1, 0.15) is 24.2 Å². The van der Waals surface area contributed by atoms with Crippen molar-refractivity contribution in [2.45, 2.75) is 58.7 Å². The molecule has 1 aromatic carbocycles. The molecule has 3 heterocycles. The van der Waals surface area contributed by atoms with Crippen LogP contribution in [0.25, 0.3) is 0 Å². The topological polar surface area (TPSA) is 141 Å². The van der Waals surface area contributed by atoms with Gasteiger partial charge in [-0.15, -0.1) is 0 Å². The fourth-order valence-corrected chi connectivity index (χ4v) is 5.18.